The fraction of sp³-hybridized carbons (Fsp3) is 0.429. The van der Waals surface area contributed by atoms with Crippen molar-refractivity contribution in [2.45, 2.75) is 31.3 Å². The Morgan fingerprint density at radius 1 is 1.00 bits per heavy atom. The van der Waals surface area contributed by atoms with E-state index in [1.54, 1.807) is 14.2 Å². The Morgan fingerprint density at radius 3 is 2.40 bits per heavy atom. The molecular weight excluding hydrogens is 314 g/mol. The molecule has 134 valence electrons. The van der Waals surface area contributed by atoms with Crippen LogP contribution in [0.1, 0.15) is 30.0 Å². The minimum absolute atomic E-state index is 0.266. The Kier molecular flexibility index (Phi) is 6.31. The van der Waals surface area contributed by atoms with E-state index in [1.807, 2.05) is 6.07 Å². The molecule has 0 bridgehead atoms. The molecule has 0 saturated carbocycles. The molecule has 1 atom stereocenters. The standard InChI is InChI=1S/C21H27NO3/c1-23-20-9-8-16(15-21(20)24-2)14-19(17-6-4-3-5-7-17)22-18-10-12-25-13-11-18/h3-9,15,18-19,22H,10-14H2,1-2H3. The molecule has 1 heterocycles. The van der Waals surface area contributed by atoms with Crippen LogP contribution in [0.4, 0.5) is 0 Å². The Balaban J connectivity index is 1.79. The van der Waals surface area contributed by atoms with Crippen molar-refractivity contribution in [3.63, 3.8) is 0 Å². The van der Waals surface area contributed by atoms with Crippen molar-refractivity contribution in [3.05, 3.63) is 59.7 Å². The fourth-order valence-electron chi connectivity index (χ4n) is 3.35. The maximum Gasteiger partial charge on any atom is 0.160 e. The van der Waals surface area contributed by atoms with Crippen LogP contribution in [-0.2, 0) is 11.2 Å². The highest BCUT2D eigenvalue weighted by Gasteiger charge is 2.20. The third-order valence-electron chi connectivity index (χ3n) is 4.75. The Bertz CT molecular complexity index is 653. The molecule has 1 unspecified atom stereocenters. The van der Waals surface area contributed by atoms with Gasteiger partial charge in [0.1, 0.15) is 0 Å². The van der Waals surface area contributed by atoms with E-state index in [1.165, 1.54) is 11.1 Å². The van der Waals surface area contributed by atoms with Gasteiger partial charge in [-0.05, 0) is 42.5 Å². The second-order valence-corrected chi connectivity index (χ2v) is 6.41. The zero-order valence-corrected chi connectivity index (χ0v) is 15.0. The first-order valence-electron chi connectivity index (χ1n) is 8.90. The molecule has 1 aliphatic rings. The van der Waals surface area contributed by atoms with Gasteiger partial charge in [-0.2, -0.15) is 0 Å². The van der Waals surface area contributed by atoms with Gasteiger partial charge in [0.05, 0.1) is 14.2 Å². The van der Waals surface area contributed by atoms with E-state index < -0.39 is 0 Å². The van der Waals surface area contributed by atoms with E-state index in [0.29, 0.717) is 6.04 Å². The van der Waals surface area contributed by atoms with E-state index >= 15 is 0 Å². The molecule has 2 aromatic carbocycles. The minimum Gasteiger partial charge on any atom is -0.493 e. The van der Waals surface area contributed by atoms with Gasteiger partial charge in [-0.1, -0.05) is 36.4 Å². The third kappa shape index (κ3) is 4.74. The van der Waals surface area contributed by atoms with Crippen LogP contribution in [0.15, 0.2) is 48.5 Å². The van der Waals surface area contributed by atoms with Crippen LogP contribution in [0.5, 0.6) is 11.5 Å². The molecule has 1 N–H and O–H groups in total. The van der Waals surface area contributed by atoms with Crippen molar-refractivity contribution in [3.8, 4) is 11.5 Å². The monoisotopic (exact) mass is 341 g/mol. The molecule has 4 heteroatoms. The van der Waals surface area contributed by atoms with Gasteiger partial charge >= 0.3 is 0 Å². The second kappa shape index (κ2) is 8.88. The normalized spacial score (nSPS) is 16.4. The maximum absolute atomic E-state index is 5.49. The number of methoxy groups -OCH3 is 2. The number of ether oxygens (including phenoxy) is 3. The smallest absolute Gasteiger partial charge is 0.160 e. The summed E-state index contributed by atoms with van der Waals surface area (Å²) in [6.07, 6.45) is 3.03. The molecule has 1 fully saturated rings. The lowest BCUT2D eigenvalue weighted by Crippen LogP contribution is -2.38. The van der Waals surface area contributed by atoms with Crippen LogP contribution in [0, 0.1) is 0 Å². The van der Waals surface area contributed by atoms with Gasteiger partial charge in [0.25, 0.3) is 0 Å². The predicted octanol–water partition coefficient (Wildman–Crippen LogP) is 3.76. The highest BCUT2D eigenvalue weighted by molar-refractivity contribution is 5.43. The zero-order valence-electron chi connectivity index (χ0n) is 15.0. The van der Waals surface area contributed by atoms with Crippen LogP contribution in [0.2, 0.25) is 0 Å². The summed E-state index contributed by atoms with van der Waals surface area (Å²) in [4.78, 5) is 0. The summed E-state index contributed by atoms with van der Waals surface area (Å²) in [6, 6.07) is 17.6. The lowest BCUT2D eigenvalue weighted by molar-refractivity contribution is 0.0748. The van der Waals surface area contributed by atoms with Crippen LogP contribution in [-0.4, -0.2) is 33.5 Å². The molecule has 1 saturated heterocycles. The van der Waals surface area contributed by atoms with Gasteiger partial charge < -0.3 is 19.5 Å². The van der Waals surface area contributed by atoms with Gasteiger partial charge in [-0.15, -0.1) is 0 Å². The lowest BCUT2D eigenvalue weighted by atomic mass is 9.96. The Morgan fingerprint density at radius 2 is 1.72 bits per heavy atom. The van der Waals surface area contributed by atoms with E-state index in [0.717, 1.165) is 44.0 Å². The topological polar surface area (TPSA) is 39.7 Å². The van der Waals surface area contributed by atoms with Crippen molar-refractivity contribution in [1.29, 1.82) is 0 Å². The number of benzene rings is 2. The summed E-state index contributed by atoms with van der Waals surface area (Å²) >= 11 is 0. The van der Waals surface area contributed by atoms with Gasteiger partial charge in [0, 0.05) is 25.3 Å². The summed E-state index contributed by atoms with van der Waals surface area (Å²) < 4.78 is 16.3. The first-order valence-corrected chi connectivity index (χ1v) is 8.90. The molecule has 25 heavy (non-hydrogen) atoms. The van der Waals surface area contributed by atoms with E-state index in [9.17, 15) is 0 Å². The molecule has 3 rings (SSSR count). The lowest BCUT2D eigenvalue weighted by Gasteiger charge is -2.29. The minimum atomic E-state index is 0.266. The number of rotatable bonds is 7. The van der Waals surface area contributed by atoms with E-state index in [-0.39, 0.29) is 6.04 Å². The SMILES string of the molecule is COc1ccc(CC(NC2CCOCC2)c2ccccc2)cc1OC. The summed E-state index contributed by atoms with van der Waals surface area (Å²) in [5.74, 6) is 1.54. The predicted molar refractivity (Wildman–Crippen MR) is 99.4 cm³/mol. The van der Waals surface area contributed by atoms with E-state index in [4.69, 9.17) is 14.2 Å². The van der Waals surface area contributed by atoms with Gasteiger partial charge in [-0.3, -0.25) is 0 Å². The van der Waals surface area contributed by atoms with Crippen molar-refractivity contribution in [1.82, 2.24) is 5.32 Å². The van der Waals surface area contributed by atoms with Gasteiger partial charge in [-0.25, -0.2) is 0 Å². The molecule has 0 spiro atoms. The Labute approximate surface area is 150 Å². The van der Waals surface area contributed by atoms with E-state index in [2.05, 4.69) is 47.8 Å². The quantitative estimate of drug-likeness (QED) is 0.832. The highest BCUT2D eigenvalue weighted by Crippen LogP contribution is 2.30. The number of nitrogens with one attached hydrogen (secondary N) is 1. The molecule has 0 aromatic heterocycles. The molecule has 2 aromatic rings. The molecule has 0 radical (unpaired) electrons. The highest BCUT2D eigenvalue weighted by atomic mass is 16.5. The Hall–Kier alpha value is -2.04. The van der Waals surface area contributed by atoms with Crippen molar-refractivity contribution in [2.24, 2.45) is 0 Å². The average molecular weight is 341 g/mol. The average Bonchev–Trinajstić information content (AvgIpc) is 2.69. The molecule has 0 amide bonds. The third-order valence-corrected chi connectivity index (χ3v) is 4.75. The molecule has 1 aliphatic heterocycles. The number of hydrogen-bond acceptors (Lipinski definition) is 4. The van der Waals surface area contributed by atoms with Crippen molar-refractivity contribution in [2.75, 3.05) is 27.4 Å². The fourth-order valence-corrected chi connectivity index (χ4v) is 3.35. The summed E-state index contributed by atoms with van der Waals surface area (Å²) in [5, 5.41) is 3.83. The number of hydrogen-bond donors (Lipinski definition) is 1. The van der Waals surface area contributed by atoms with Crippen LogP contribution in [0.3, 0.4) is 0 Å². The van der Waals surface area contributed by atoms with Gasteiger partial charge in [0.2, 0.25) is 0 Å². The van der Waals surface area contributed by atoms with Crippen LogP contribution in [0.25, 0.3) is 0 Å². The first kappa shape index (κ1) is 17.8. The maximum atomic E-state index is 5.49. The van der Waals surface area contributed by atoms with Crippen LogP contribution < -0.4 is 14.8 Å². The first-order chi connectivity index (χ1) is 12.3. The largest absolute Gasteiger partial charge is 0.493 e. The summed E-state index contributed by atoms with van der Waals surface area (Å²) in [6.45, 7) is 1.69. The summed E-state index contributed by atoms with van der Waals surface area (Å²) in [7, 11) is 3.34. The van der Waals surface area contributed by atoms with Gasteiger partial charge in [0.15, 0.2) is 11.5 Å². The van der Waals surface area contributed by atoms with Crippen molar-refractivity contribution >= 4 is 0 Å². The second-order valence-electron chi connectivity index (χ2n) is 6.41. The zero-order chi connectivity index (χ0) is 17.5. The molecule has 0 aliphatic carbocycles. The molecule has 4 nitrogen and oxygen atoms in total. The van der Waals surface area contributed by atoms with Crippen LogP contribution >= 0.6 is 0 Å². The summed E-state index contributed by atoms with van der Waals surface area (Å²) in [5.41, 5.74) is 2.54. The van der Waals surface area contributed by atoms with Crippen molar-refractivity contribution < 1.29 is 14.2 Å². The molecular formula is C21H27NO3.